The van der Waals surface area contributed by atoms with Gasteiger partial charge in [0.15, 0.2) is 11.5 Å². The zero-order chi connectivity index (χ0) is 22.9. The molecule has 0 unspecified atom stereocenters. The van der Waals surface area contributed by atoms with Gasteiger partial charge in [0.1, 0.15) is 23.5 Å². The van der Waals surface area contributed by atoms with Crippen molar-refractivity contribution in [1.82, 2.24) is 19.1 Å². The highest BCUT2D eigenvalue weighted by atomic mass is 127. The molecular weight excluding hydrogens is 551 g/mol. The standard InChI is InChI=1S/C24H19IN4O3S/c1-28-10-9-26-22(28)13-32-19-8-7-17(11-20(19)31-2)29-14-27-18-12-21(33-23(18)24(29)30)15-3-5-16(25)6-4-15/h3-12,14H,13H2,1-2H3. The van der Waals surface area contributed by atoms with E-state index in [1.807, 2.05) is 29.9 Å². The average molecular weight is 570 g/mol. The van der Waals surface area contributed by atoms with Crippen molar-refractivity contribution in [2.75, 3.05) is 7.11 Å². The number of thiophene rings is 1. The van der Waals surface area contributed by atoms with Gasteiger partial charge in [-0.2, -0.15) is 0 Å². The van der Waals surface area contributed by atoms with Crippen molar-refractivity contribution in [1.29, 1.82) is 0 Å². The molecule has 0 aliphatic carbocycles. The average Bonchev–Trinajstić information content (AvgIpc) is 3.45. The summed E-state index contributed by atoms with van der Waals surface area (Å²) in [5, 5.41) is 0. The fourth-order valence-electron chi connectivity index (χ4n) is 3.46. The Balaban J connectivity index is 1.48. The molecule has 33 heavy (non-hydrogen) atoms. The Morgan fingerprint density at radius 1 is 1.06 bits per heavy atom. The first-order chi connectivity index (χ1) is 16.0. The number of hydrogen-bond acceptors (Lipinski definition) is 6. The highest BCUT2D eigenvalue weighted by Gasteiger charge is 2.14. The Hall–Kier alpha value is -3.18. The van der Waals surface area contributed by atoms with Crippen molar-refractivity contribution >= 4 is 44.1 Å². The normalized spacial score (nSPS) is 11.1. The number of aromatic nitrogens is 4. The molecule has 0 N–H and O–H groups in total. The summed E-state index contributed by atoms with van der Waals surface area (Å²) in [4.78, 5) is 23.1. The monoisotopic (exact) mass is 570 g/mol. The molecule has 3 aromatic heterocycles. The van der Waals surface area contributed by atoms with Gasteiger partial charge in [0.25, 0.3) is 5.56 Å². The summed E-state index contributed by atoms with van der Waals surface area (Å²) in [6.45, 7) is 0.309. The summed E-state index contributed by atoms with van der Waals surface area (Å²) in [7, 11) is 3.49. The lowest BCUT2D eigenvalue weighted by Gasteiger charge is -2.13. The quantitative estimate of drug-likeness (QED) is 0.268. The van der Waals surface area contributed by atoms with E-state index in [1.54, 1.807) is 31.8 Å². The minimum Gasteiger partial charge on any atom is -0.493 e. The molecule has 0 radical (unpaired) electrons. The van der Waals surface area contributed by atoms with E-state index in [0.29, 0.717) is 34.0 Å². The van der Waals surface area contributed by atoms with Gasteiger partial charge >= 0.3 is 0 Å². The van der Waals surface area contributed by atoms with Crippen LogP contribution in [0.4, 0.5) is 0 Å². The molecule has 0 aliphatic rings. The lowest BCUT2D eigenvalue weighted by atomic mass is 10.2. The minimum absolute atomic E-state index is 0.120. The minimum atomic E-state index is -0.120. The highest BCUT2D eigenvalue weighted by Crippen LogP contribution is 2.33. The summed E-state index contributed by atoms with van der Waals surface area (Å²) < 4.78 is 16.6. The van der Waals surface area contributed by atoms with E-state index in [0.717, 1.165) is 16.3 Å². The molecule has 0 bridgehead atoms. The van der Waals surface area contributed by atoms with Crippen molar-refractivity contribution < 1.29 is 9.47 Å². The van der Waals surface area contributed by atoms with Gasteiger partial charge in [-0.05, 0) is 58.5 Å². The van der Waals surface area contributed by atoms with Crippen LogP contribution in [0.15, 0.2) is 72.0 Å². The van der Waals surface area contributed by atoms with Gasteiger partial charge in [-0.25, -0.2) is 9.97 Å². The fraction of sp³-hybridized carbons (Fsp3) is 0.125. The van der Waals surface area contributed by atoms with Gasteiger partial charge in [-0.3, -0.25) is 9.36 Å². The van der Waals surface area contributed by atoms with Crippen molar-refractivity contribution in [3.63, 3.8) is 0 Å². The molecule has 0 fully saturated rings. The van der Waals surface area contributed by atoms with Crippen LogP contribution >= 0.6 is 33.9 Å². The number of hydrogen-bond donors (Lipinski definition) is 0. The number of rotatable bonds is 6. The molecule has 5 rings (SSSR count). The smallest absolute Gasteiger partial charge is 0.275 e. The van der Waals surface area contributed by atoms with Crippen LogP contribution in [-0.2, 0) is 13.7 Å². The maximum atomic E-state index is 13.3. The van der Waals surface area contributed by atoms with Gasteiger partial charge in [0, 0.05) is 34.0 Å². The first-order valence-corrected chi connectivity index (χ1v) is 12.0. The Labute approximate surface area is 207 Å². The highest BCUT2D eigenvalue weighted by molar-refractivity contribution is 14.1. The Morgan fingerprint density at radius 2 is 1.88 bits per heavy atom. The summed E-state index contributed by atoms with van der Waals surface area (Å²) in [5.74, 6) is 1.90. The van der Waals surface area contributed by atoms with E-state index in [-0.39, 0.29) is 5.56 Å². The summed E-state index contributed by atoms with van der Waals surface area (Å²) >= 11 is 3.73. The van der Waals surface area contributed by atoms with Crippen molar-refractivity contribution in [3.8, 4) is 27.6 Å². The van der Waals surface area contributed by atoms with Crippen LogP contribution in [0.25, 0.3) is 26.3 Å². The molecule has 0 saturated heterocycles. The molecule has 9 heteroatoms. The predicted molar refractivity (Wildman–Crippen MR) is 137 cm³/mol. The Morgan fingerprint density at radius 3 is 2.61 bits per heavy atom. The second-order valence-corrected chi connectivity index (χ2v) is 9.63. The van der Waals surface area contributed by atoms with Crippen LogP contribution in [0.1, 0.15) is 5.82 Å². The molecule has 0 amide bonds. The van der Waals surface area contributed by atoms with Crippen LogP contribution in [0, 0.1) is 3.57 Å². The molecular formula is C24H19IN4O3S. The van der Waals surface area contributed by atoms with Crippen LogP contribution in [0.3, 0.4) is 0 Å². The summed E-state index contributed by atoms with van der Waals surface area (Å²) in [6.07, 6.45) is 5.14. The lowest BCUT2D eigenvalue weighted by molar-refractivity contribution is 0.273. The third kappa shape index (κ3) is 4.25. The SMILES string of the molecule is COc1cc(-n2cnc3cc(-c4ccc(I)cc4)sc3c2=O)ccc1OCc1nccn1C. The second kappa shape index (κ2) is 8.99. The van der Waals surface area contributed by atoms with Crippen LogP contribution in [0.5, 0.6) is 11.5 Å². The third-order valence-electron chi connectivity index (χ3n) is 5.27. The van der Waals surface area contributed by atoms with E-state index < -0.39 is 0 Å². The Bertz CT molecular complexity index is 1500. The van der Waals surface area contributed by atoms with Gasteiger partial charge in [0.05, 0.1) is 18.3 Å². The van der Waals surface area contributed by atoms with Crippen LogP contribution in [-0.4, -0.2) is 26.2 Å². The number of benzene rings is 2. The lowest BCUT2D eigenvalue weighted by Crippen LogP contribution is -2.17. The van der Waals surface area contributed by atoms with E-state index in [1.165, 1.54) is 19.5 Å². The molecule has 3 heterocycles. The van der Waals surface area contributed by atoms with Gasteiger partial charge in [-0.1, -0.05) is 12.1 Å². The van der Waals surface area contributed by atoms with Crippen molar-refractivity contribution in [3.05, 3.63) is 87.0 Å². The van der Waals surface area contributed by atoms with Gasteiger partial charge in [-0.15, -0.1) is 11.3 Å². The molecule has 7 nitrogen and oxygen atoms in total. The summed E-state index contributed by atoms with van der Waals surface area (Å²) in [6, 6.07) is 15.6. The van der Waals surface area contributed by atoms with Gasteiger partial charge in [0.2, 0.25) is 0 Å². The number of methoxy groups -OCH3 is 1. The number of imidazole rings is 1. The number of fused-ring (bicyclic) bond motifs is 1. The maximum absolute atomic E-state index is 13.3. The van der Waals surface area contributed by atoms with Crippen molar-refractivity contribution in [2.45, 2.75) is 6.61 Å². The number of aryl methyl sites for hydroxylation is 1. The Kier molecular flexibility index (Phi) is 5.90. The molecule has 2 aromatic carbocycles. The largest absolute Gasteiger partial charge is 0.493 e. The first kappa shape index (κ1) is 21.7. The topological polar surface area (TPSA) is 71.2 Å². The maximum Gasteiger partial charge on any atom is 0.275 e. The number of ether oxygens (including phenoxy) is 2. The van der Waals surface area contributed by atoms with E-state index in [9.17, 15) is 4.79 Å². The first-order valence-electron chi connectivity index (χ1n) is 10.1. The molecule has 0 saturated carbocycles. The van der Waals surface area contributed by atoms with E-state index in [4.69, 9.17) is 9.47 Å². The molecule has 0 spiro atoms. The molecule has 0 aliphatic heterocycles. The van der Waals surface area contributed by atoms with E-state index >= 15 is 0 Å². The number of halogens is 1. The fourth-order valence-corrected chi connectivity index (χ4v) is 4.86. The summed E-state index contributed by atoms with van der Waals surface area (Å²) in [5.41, 5.74) is 2.29. The van der Waals surface area contributed by atoms with Crippen molar-refractivity contribution in [2.24, 2.45) is 7.05 Å². The zero-order valence-electron chi connectivity index (χ0n) is 17.9. The number of nitrogens with zero attached hydrogens (tertiary/aromatic N) is 4. The van der Waals surface area contributed by atoms with Crippen LogP contribution < -0.4 is 15.0 Å². The third-order valence-corrected chi connectivity index (χ3v) is 7.15. The zero-order valence-corrected chi connectivity index (χ0v) is 20.8. The van der Waals surface area contributed by atoms with Crippen LogP contribution in [0.2, 0.25) is 0 Å². The molecule has 166 valence electrons. The molecule has 0 atom stereocenters. The van der Waals surface area contributed by atoms with E-state index in [2.05, 4.69) is 56.8 Å². The predicted octanol–water partition coefficient (Wildman–Crippen LogP) is 5.04. The molecule has 5 aromatic rings. The van der Waals surface area contributed by atoms with Gasteiger partial charge < -0.3 is 14.0 Å². The second-order valence-electron chi connectivity index (χ2n) is 7.33.